The molecule has 0 atom stereocenters. The molecule has 92 valence electrons. The topological polar surface area (TPSA) is 90.1 Å². The molecule has 1 aliphatic heterocycles. The molecule has 18 heavy (non-hydrogen) atoms. The van der Waals surface area contributed by atoms with Crippen molar-refractivity contribution in [3.05, 3.63) is 33.6 Å². The predicted octanol–water partition coefficient (Wildman–Crippen LogP) is 0.996. The SMILES string of the molecule is Cc1nc2cc([N+](=O)[O-])cc3c2n1CCNC3=O. The molecule has 1 N–H and O–H groups in total. The summed E-state index contributed by atoms with van der Waals surface area (Å²) in [6, 6.07) is 2.71. The molecule has 0 bridgehead atoms. The molecule has 1 aliphatic rings. The number of imidazole rings is 1. The van der Waals surface area contributed by atoms with Crippen molar-refractivity contribution in [3.8, 4) is 0 Å². The third-order valence-electron chi connectivity index (χ3n) is 3.09. The fourth-order valence-electron chi connectivity index (χ4n) is 2.30. The van der Waals surface area contributed by atoms with E-state index in [-0.39, 0.29) is 11.6 Å². The molecule has 0 fully saturated rings. The van der Waals surface area contributed by atoms with Crippen molar-refractivity contribution < 1.29 is 9.72 Å². The number of hydrogen-bond acceptors (Lipinski definition) is 4. The van der Waals surface area contributed by atoms with Crippen LogP contribution in [0.4, 0.5) is 5.69 Å². The van der Waals surface area contributed by atoms with Crippen LogP contribution in [0.5, 0.6) is 0 Å². The first-order valence-electron chi connectivity index (χ1n) is 5.51. The molecular weight excluding hydrogens is 236 g/mol. The summed E-state index contributed by atoms with van der Waals surface area (Å²) < 4.78 is 1.91. The lowest BCUT2D eigenvalue weighted by Gasteiger charge is -2.02. The highest BCUT2D eigenvalue weighted by Crippen LogP contribution is 2.27. The second-order valence-corrected chi connectivity index (χ2v) is 4.18. The third-order valence-corrected chi connectivity index (χ3v) is 3.09. The van der Waals surface area contributed by atoms with E-state index in [9.17, 15) is 14.9 Å². The first-order valence-corrected chi connectivity index (χ1v) is 5.51. The van der Waals surface area contributed by atoms with Crippen molar-refractivity contribution in [1.82, 2.24) is 14.9 Å². The summed E-state index contributed by atoms with van der Waals surface area (Å²) in [7, 11) is 0. The van der Waals surface area contributed by atoms with Gasteiger partial charge in [0, 0.05) is 25.2 Å². The second-order valence-electron chi connectivity index (χ2n) is 4.18. The van der Waals surface area contributed by atoms with E-state index in [1.54, 1.807) is 0 Å². The van der Waals surface area contributed by atoms with Crippen LogP contribution in [0.3, 0.4) is 0 Å². The minimum absolute atomic E-state index is 0.112. The summed E-state index contributed by atoms with van der Waals surface area (Å²) in [4.78, 5) is 26.5. The summed E-state index contributed by atoms with van der Waals surface area (Å²) in [5.41, 5.74) is 1.37. The lowest BCUT2D eigenvalue weighted by Crippen LogP contribution is -2.24. The number of nitro groups is 1. The molecule has 1 aromatic heterocycles. The van der Waals surface area contributed by atoms with Crippen LogP contribution in [0.1, 0.15) is 16.2 Å². The van der Waals surface area contributed by atoms with Gasteiger partial charge in [-0.25, -0.2) is 4.98 Å². The summed E-state index contributed by atoms with van der Waals surface area (Å²) in [6.45, 7) is 2.94. The monoisotopic (exact) mass is 246 g/mol. The van der Waals surface area contributed by atoms with Crippen LogP contribution in [-0.4, -0.2) is 26.9 Å². The van der Waals surface area contributed by atoms with Crippen molar-refractivity contribution >= 4 is 22.6 Å². The minimum Gasteiger partial charge on any atom is -0.350 e. The Hall–Kier alpha value is -2.44. The molecular formula is C11H10N4O3. The van der Waals surface area contributed by atoms with Gasteiger partial charge in [-0.15, -0.1) is 0 Å². The van der Waals surface area contributed by atoms with Crippen LogP contribution < -0.4 is 5.32 Å². The Morgan fingerprint density at radius 3 is 3.00 bits per heavy atom. The van der Waals surface area contributed by atoms with Gasteiger partial charge in [-0.1, -0.05) is 0 Å². The standard InChI is InChI=1S/C11H10N4O3/c1-6-13-9-5-7(15(17)18)4-8-10(9)14(6)3-2-12-11(8)16/h4-5H,2-3H2,1H3,(H,12,16). The number of rotatable bonds is 1. The zero-order valence-corrected chi connectivity index (χ0v) is 9.64. The number of carbonyl (C=O) groups is 1. The number of nitrogens with one attached hydrogen (secondary N) is 1. The van der Waals surface area contributed by atoms with Crippen LogP contribution in [0.2, 0.25) is 0 Å². The van der Waals surface area contributed by atoms with Crippen molar-refractivity contribution in [3.63, 3.8) is 0 Å². The van der Waals surface area contributed by atoms with Gasteiger partial charge < -0.3 is 9.88 Å². The Morgan fingerprint density at radius 2 is 2.28 bits per heavy atom. The highest BCUT2D eigenvalue weighted by Gasteiger charge is 2.23. The predicted molar refractivity (Wildman–Crippen MR) is 63.5 cm³/mol. The minimum atomic E-state index is -0.511. The van der Waals surface area contributed by atoms with Gasteiger partial charge in [-0.3, -0.25) is 14.9 Å². The maximum Gasteiger partial charge on any atom is 0.272 e. The molecule has 1 amide bonds. The number of nitro benzene ring substituents is 1. The number of aryl methyl sites for hydroxylation is 1. The molecule has 7 heteroatoms. The van der Waals surface area contributed by atoms with E-state index >= 15 is 0 Å². The Balaban J connectivity index is 2.42. The molecule has 2 heterocycles. The molecule has 7 nitrogen and oxygen atoms in total. The lowest BCUT2D eigenvalue weighted by molar-refractivity contribution is -0.384. The van der Waals surface area contributed by atoms with Crippen LogP contribution >= 0.6 is 0 Å². The lowest BCUT2D eigenvalue weighted by atomic mass is 10.1. The Kier molecular flexibility index (Phi) is 2.09. The Morgan fingerprint density at radius 1 is 1.50 bits per heavy atom. The summed E-state index contributed by atoms with van der Waals surface area (Å²) >= 11 is 0. The van der Waals surface area contributed by atoms with E-state index in [1.807, 2.05) is 11.5 Å². The van der Waals surface area contributed by atoms with E-state index in [0.29, 0.717) is 29.7 Å². The van der Waals surface area contributed by atoms with Gasteiger partial charge in [0.2, 0.25) is 0 Å². The normalized spacial score (nSPS) is 14.4. The molecule has 0 aliphatic carbocycles. The molecule has 0 radical (unpaired) electrons. The second kappa shape index (κ2) is 3.52. The number of carbonyl (C=O) groups excluding carboxylic acids is 1. The number of aromatic nitrogens is 2. The number of benzene rings is 1. The van der Waals surface area contributed by atoms with Gasteiger partial charge >= 0.3 is 0 Å². The summed E-state index contributed by atoms with van der Waals surface area (Å²) in [6.07, 6.45) is 0. The molecule has 0 spiro atoms. The first-order chi connectivity index (χ1) is 8.58. The Bertz CT molecular complexity index is 689. The van der Waals surface area contributed by atoms with E-state index in [1.165, 1.54) is 12.1 Å². The highest BCUT2D eigenvalue weighted by molar-refractivity contribution is 6.06. The molecule has 3 rings (SSSR count). The molecule has 0 saturated heterocycles. The molecule has 0 saturated carbocycles. The van der Waals surface area contributed by atoms with Gasteiger partial charge in [-0.05, 0) is 6.92 Å². The first kappa shape index (κ1) is 10.7. The Labute approximate surface area is 102 Å². The van der Waals surface area contributed by atoms with Gasteiger partial charge in [-0.2, -0.15) is 0 Å². The maximum absolute atomic E-state index is 11.9. The number of nitrogens with zero attached hydrogens (tertiary/aromatic N) is 3. The largest absolute Gasteiger partial charge is 0.350 e. The fourth-order valence-corrected chi connectivity index (χ4v) is 2.30. The van der Waals surface area contributed by atoms with Crippen LogP contribution in [0.15, 0.2) is 12.1 Å². The van der Waals surface area contributed by atoms with Crippen LogP contribution in [0, 0.1) is 17.0 Å². The average Bonchev–Trinajstić information content (AvgIpc) is 2.52. The van der Waals surface area contributed by atoms with Crippen molar-refractivity contribution in [2.24, 2.45) is 0 Å². The fraction of sp³-hybridized carbons (Fsp3) is 0.273. The number of non-ortho nitro benzene ring substituents is 1. The van der Waals surface area contributed by atoms with E-state index in [4.69, 9.17) is 0 Å². The number of amides is 1. The van der Waals surface area contributed by atoms with Crippen LogP contribution in [-0.2, 0) is 6.54 Å². The quantitative estimate of drug-likeness (QED) is 0.600. The molecule has 0 unspecified atom stereocenters. The van der Waals surface area contributed by atoms with Gasteiger partial charge in [0.1, 0.15) is 5.82 Å². The highest BCUT2D eigenvalue weighted by atomic mass is 16.6. The van der Waals surface area contributed by atoms with Gasteiger partial charge in [0.25, 0.3) is 11.6 Å². The van der Waals surface area contributed by atoms with Crippen LogP contribution in [0.25, 0.3) is 11.0 Å². The average molecular weight is 246 g/mol. The smallest absolute Gasteiger partial charge is 0.272 e. The van der Waals surface area contributed by atoms with E-state index < -0.39 is 4.92 Å². The van der Waals surface area contributed by atoms with Crippen molar-refractivity contribution in [2.75, 3.05) is 6.54 Å². The summed E-state index contributed by atoms with van der Waals surface area (Å²) in [5, 5.41) is 13.6. The zero-order chi connectivity index (χ0) is 12.9. The maximum atomic E-state index is 11.9. The number of hydrogen-bond donors (Lipinski definition) is 1. The van der Waals surface area contributed by atoms with E-state index in [2.05, 4.69) is 10.3 Å². The van der Waals surface area contributed by atoms with Crippen molar-refractivity contribution in [2.45, 2.75) is 13.5 Å². The van der Waals surface area contributed by atoms with Gasteiger partial charge in [0.05, 0.1) is 21.5 Å². The molecule has 1 aromatic carbocycles. The van der Waals surface area contributed by atoms with Gasteiger partial charge in [0.15, 0.2) is 0 Å². The van der Waals surface area contributed by atoms with E-state index in [0.717, 1.165) is 5.82 Å². The summed E-state index contributed by atoms with van der Waals surface area (Å²) in [5.74, 6) is 0.464. The third kappa shape index (κ3) is 1.37. The van der Waals surface area contributed by atoms with Crippen molar-refractivity contribution in [1.29, 1.82) is 0 Å². The zero-order valence-electron chi connectivity index (χ0n) is 9.64. The molecule has 2 aromatic rings.